The molecule has 0 saturated heterocycles. The number of rotatable bonds is 7. The molecule has 0 aromatic rings. The van der Waals surface area contributed by atoms with Crippen LogP contribution in [0.5, 0.6) is 0 Å². The van der Waals surface area contributed by atoms with Gasteiger partial charge in [0.25, 0.3) is 0 Å². The summed E-state index contributed by atoms with van der Waals surface area (Å²) >= 11 is 0. The number of nitrogens with one attached hydrogen (secondary N) is 1. The van der Waals surface area contributed by atoms with E-state index >= 15 is 0 Å². The number of carbonyl (C=O) groups excluding carboxylic acids is 1. The minimum Gasteiger partial charge on any atom is -0.395 e. The summed E-state index contributed by atoms with van der Waals surface area (Å²) in [5, 5.41) is 11.4. The summed E-state index contributed by atoms with van der Waals surface area (Å²) in [6.07, 6.45) is 1.41. The predicted octanol–water partition coefficient (Wildman–Crippen LogP) is 0.215. The lowest BCUT2D eigenvalue weighted by atomic mass is 10.2. The fraction of sp³-hybridized carbons (Fsp3) is 0.900. The number of aliphatic hydroxyl groups is 1. The van der Waals surface area contributed by atoms with E-state index in [9.17, 15) is 4.79 Å². The molecular weight excluding hydrogens is 180 g/mol. The normalized spacial score (nSPS) is 11.0. The third-order valence-corrected chi connectivity index (χ3v) is 2.25. The van der Waals surface area contributed by atoms with E-state index in [1.54, 1.807) is 7.05 Å². The Morgan fingerprint density at radius 3 is 2.50 bits per heavy atom. The molecule has 0 aliphatic rings. The molecule has 0 spiro atoms. The van der Waals surface area contributed by atoms with E-state index < -0.39 is 0 Å². The summed E-state index contributed by atoms with van der Waals surface area (Å²) in [5.41, 5.74) is 0. The number of amides is 1. The lowest BCUT2D eigenvalue weighted by Gasteiger charge is -2.25. The molecule has 0 saturated carbocycles. The Morgan fingerprint density at radius 1 is 1.43 bits per heavy atom. The van der Waals surface area contributed by atoms with Crippen LogP contribution >= 0.6 is 0 Å². The van der Waals surface area contributed by atoms with Crippen LogP contribution in [0.4, 0.5) is 0 Å². The Hall–Kier alpha value is -0.610. The van der Waals surface area contributed by atoms with E-state index in [-0.39, 0.29) is 12.5 Å². The van der Waals surface area contributed by atoms with Gasteiger partial charge in [-0.3, -0.25) is 9.69 Å². The van der Waals surface area contributed by atoms with Crippen LogP contribution in [0.1, 0.15) is 26.7 Å². The molecule has 0 aromatic heterocycles. The second kappa shape index (κ2) is 7.76. The summed E-state index contributed by atoms with van der Waals surface area (Å²) in [4.78, 5) is 13.1. The zero-order valence-electron chi connectivity index (χ0n) is 9.42. The Labute approximate surface area is 86.3 Å². The van der Waals surface area contributed by atoms with Crippen LogP contribution in [0, 0.1) is 0 Å². The first-order valence-corrected chi connectivity index (χ1v) is 5.17. The van der Waals surface area contributed by atoms with Crippen LogP contribution in [-0.4, -0.2) is 48.7 Å². The van der Waals surface area contributed by atoms with Crippen molar-refractivity contribution in [3.63, 3.8) is 0 Å². The number of aliphatic hydroxyl groups excluding tert-OH is 1. The van der Waals surface area contributed by atoms with E-state index in [0.717, 1.165) is 13.0 Å². The highest BCUT2D eigenvalue weighted by Crippen LogP contribution is 2.00. The molecule has 0 aromatic carbocycles. The molecule has 84 valence electrons. The van der Waals surface area contributed by atoms with Crippen molar-refractivity contribution in [1.29, 1.82) is 0 Å². The molecule has 4 nitrogen and oxygen atoms in total. The molecule has 0 aliphatic carbocycles. The first kappa shape index (κ1) is 13.4. The Morgan fingerprint density at radius 2 is 2.07 bits per heavy atom. The first-order valence-electron chi connectivity index (χ1n) is 5.17. The van der Waals surface area contributed by atoms with Gasteiger partial charge in [-0.25, -0.2) is 0 Å². The first-order chi connectivity index (χ1) is 6.61. The van der Waals surface area contributed by atoms with Crippen molar-refractivity contribution in [2.24, 2.45) is 0 Å². The molecule has 0 unspecified atom stereocenters. The van der Waals surface area contributed by atoms with Crippen LogP contribution in [0.2, 0.25) is 0 Å². The van der Waals surface area contributed by atoms with Gasteiger partial charge in [-0.2, -0.15) is 0 Å². The van der Waals surface area contributed by atoms with Gasteiger partial charge in [-0.15, -0.1) is 0 Å². The Kier molecular flexibility index (Phi) is 7.42. The molecule has 14 heavy (non-hydrogen) atoms. The van der Waals surface area contributed by atoms with Crippen molar-refractivity contribution in [3.8, 4) is 0 Å². The smallest absolute Gasteiger partial charge is 0.219 e. The van der Waals surface area contributed by atoms with Gasteiger partial charge in [0.2, 0.25) is 5.91 Å². The maximum atomic E-state index is 10.9. The fourth-order valence-electron chi connectivity index (χ4n) is 1.32. The maximum Gasteiger partial charge on any atom is 0.219 e. The fourth-order valence-corrected chi connectivity index (χ4v) is 1.32. The monoisotopic (exact) mass is 202 g/mol. The molecule has 4 heteroatoms. The molecule has 2 N–H and O–H groups in total. The predicted molar refractivity (Wildman–Crippen MR) is 57.1 cm³/mol. The molecular formula is C10H22N2O2. The summed E-state index contributed by atoms with van der Waals surface area (Å²) in [6, 6.07) is 0.423. The molecule has 0 atom stereocenters. The summed E-state index contributed by atoms with van der Waals surface area (Å²) in [5.74, 6) is 0.0812. The lowest BCUT2D eigenvalue weighted by molar-refractivity contribution is -0.120. The maximum absolute atomic E-state index is 10.9. The summed E-state index contributed by atoms with van der Waals surface area (Å²) < 4.78 is 0. The third kappa shape index (κ3) is 5.94. The quantitative estimate of drug-likeness (QED) is 0.621. The van der Waals surface area contributed by atoms with Crippen molar-refractivity contribution in [2.45, 2.75) is 32.7 Å². The summed E-state index contributed by atoms with van der Waals surface area (Å²) in [7, 11) is 1.65. The zero-order valence-corrected chi connectivity index (χ0v) is 9.42. The topological polar surface area (TPSA) is 52.6 Å². The molecule has 0 rings (SSSR count). The Balaban J connectivity index is 3.65. The van der Waals surface area contributed by atoms with Crippen molar-refractivity contribution in [2.75, 3.05) is 26.7 Å². The second-order valence-corrected chi connectivity index (χ2v) is 3.63. The highest BCUT2D eigenvalue weighted by atomic mass is 16.3. The van der Waals surface area contributed by atoms with Gasteiger partial charge in [-0.1, -0.05) is 0 Å². The van der Waals surface area contributed by atoms with Crippen LogP contribution in [0.3, 0.4) is 0 Å². The van der Waals surface area contributed by atoms with E-state index in [1.807, 2.05) is 0 Å². The number of carbonyl (C=O) groups is 1. The van der Waals surface area contributed by atoms with Crippen LogP contribution in [0.15, 0.2) is 0 Å². The van der Waals surface area contributed by atoms with Crippen molar-refractivity contribution in [3.05, 3.63) is 0 Å². The average Bonchev–Trinajstić information content (AvgIpc) is 2.16. The van der Waals surface area contributed by atoms with Gasteiger partial charge in [0, 0.05) is 26.1 Å². The zero-order chi connectivity index (χ0) is 11.0. The molecule has 0 fully saturated rings. The standard InChI is InChI=1S/C10H22N2O2/c1-9(2)12(7-8-13)6-4-5-10(14)11-3/h9,13H,4-8H2,1-3H3,(H,11,14). The van der Waals surface area contributed by atoms with Gasteiger partial charge in [0.15, 0.2) is 0 Å². The number of nitrogens with zero attached hydrogens (tertiary/aromatic N) is 1. The molecule has 1 amide bonds. The SMILES string of the molecule is CNC(=O)CCCN(CCO)C(C)C. The minimum atomic E-state index is 0.0812. The van der Waals surface area contributed by atoms with E-state index in [2.05, 4.69) is 24.1 Å². The van der Waals surface area contributed by atoms with Crippen molar-refractivity contribution < 1.29 is 9.90 Å². The summed E-state index contributed by atoms with van der Waals surface area (Å²) in [6.45, 7) is 5.92. The second-order valence-electron chi connectivity index (χ2n) is 3.63. The minimum absolute atomic E-state index is 0.0812. The van der Waals surface area contributed by atoms with E-state index in [4.69, 9.17) is 5.11 Å². The highest BCUT2D eigenvalue weighted by molar-refractivity contribution is 5.75. The molecule has 0 aliphatic heterocycles. The van der Waals surface area contributed by atoms with Gasteiger partial charge in [-0.05, 0) is 26.8 Å². The van der Waals surface area contributed by atoms with Gasteiger partial charge in [0.1, 0.15) is 0 Å². The van der Waals surface area contributed by atoms with Crippen molar-refractivity contribution in [1.82, 2.24) is 10.2 Å². The van der Waals surface area contributed by atoms with Crippen molar-refractivity contribution >= 4 is 5.91 Å². The largest absolute Gasteiger partial charge is 0.395 e. The average molecular weight is 202 g/mol. The Bertz CT molecular complexity index is 160. The van der Waals surface area contributed by atoms with Crippen LogP contribution in [-0.2, 0) is 4.79 Å². The molecule has 0 radical (unpaired) electrons. The van der Waals surface area contributed by atoms with Crippen LogP contribution < -0.4 is 5.32 Å². The third-order valence-electron chi connectivity index (χ3n) is 2.25. The van der Waals surface area contributed by atoms with Crippen LogP contribution in [0.25, 0.3) is 0 Å². The molecule has 0 heterocycles. The van der Waals surface area contributed by atoms with Gasteiger partial charge < -0.3 is 10.4 Å². The van der Waals surface area contributed by atoms with Gasteiger partial charge in [0.05, 0.1) is 6.61 Å². The number of hydrogen-bond donors (Lipinski definition) is 2. The van der Waals surface area contributed by atoms with Gasteiger partial charge >= 0.3 is 0 Å². The highest BCUT2D eigenvalue weighted by Gasteiger charge is 2.08. The number of hydrogen-bond acceptors (Lipinski definition) is 3. The van der Waals surface area contributed by atoms with E-state index in [1.165, 1.54) is 0 Å². The van der Waals surface area contributed by atoms with E-state index in [0.29, 0.717) is 19.0 Å². The molecule has 0 bridgehead atoms. The lowest BCUT2D eigenvalue weighted by Crippen LogP contribution is -2.34.